The second-order valence-electron chi connectivity index (χ2n) is 0.816. The van der Waals surface area contributed by atoms with E-state index in [1.807, 2.05) is 0 Å². The van der Waals surface area contributed by atoms with Crippen LogP contribution in [0.5, 0.6) is 0 Å². The molecule has 0 aromatic heterocycles. The summed E-state index contributed by atoms with van der Waals surface area (Å²) in [4.78, 5) is 0. The minimum atomic E-state index is -5.17. The summed E-state index contributed by atoms with van der Waals surface area (Å²) in [6.07, 6.45) is 0. The van der Waals surface area contributed by atoms with Crippen molar-refractivity contribution in [3.63, 3.8) is 0 Å². The average molecular weight is 259 g/mol. The van der Waals surface area contributed by atoms with E-state index in [0.717, 1.165) is 0 Å². The van der Waals surface area contributed by atoms with Crippen LogP contribution in [0.3, 0.4) is 0 Å². The maximum atomic E-state index is 8.52. The summed E-state index contributed by atoms with van der Waals surface area (Å²) < 4.78 is 68.2. The summed E-state index contributed by atoms with van der Waals surface area (Å²) in [5.74, 6) is 0. The Morgan fingerprint density at radius 3 is 0.615 bits per heavy atom. The fourth-order valence-electron chi connectivity index (χ4n) is 0. The predicted octanol–water partition coefficient (Wildman–Crippen LogP) is -4.26. The van der Waals surface area contributed by atoms with E-state index in [-0.39, 0.29) is 51.6 Å². The van der Waals surface area contributed by atoms with Crippen LogP contribution >= 0.6 is 0 Å². The van der Waals surface area contributed by atoms with Crippen LogP contribution < -0.4 is 0 Å². The van der Waals surface area contributed by atoms with E-state index in [1.165, 1.54) is 0 Å². The van der Waals surface area contributed by atoms with Gasteiger partial charge in [0.15, 0.2) is 0 Å². The molecule has 0 spiro atoms. The molecule has 13 heavy (non-hydrogen) atoms. The SMILES string of the molecule is O.O=S(=O)([O-])[O-].O=S(=O)([O-])[O-].[Mg+2].[Mg+2]. The average Bonchev–Trinajstić information content (AvgIpc) is 1.12. The second kappa shape index (κ2) is 11.3. The van der Waals surface area contributed by atoms with Crippen molar-refractivity contribution in [1.82, 2.24) is 0 Å². The molecule has 0 saturated carbocycles. The molecule has 13 heteroatoms. The molecule has 0 heterocycles. The minimum absolute atomic E-state index is 0. The molecular weight excluding hydrogens is 257 g/mol. The van der Waals surface area contributed by atoms with Crippen molar-refractivity contribution in [2.24, 2.45) is 0 Å². The Labute approximate surface area is 107 Å². The van der Waals surface area contributed by atoms with E-state index in [9.17, 15) is 0 Å². The first-order valence-corrected chi connectivity index (χ1v) is 4.00. The van der Waals surface area contributed by atoms with Gasteiger partial charge < -0.3 is 23.7 Å². The van der Waals surface area contributed by atoms with Gasteiger partial charge in [-0.15, -0.1) is 0 Å². The quantitative estimate of drug-likeness (QED) is 0.237. The van der Waals surface area contributed by atoms with Crippen molar-refractivity contribution in [3.05, 3.63) is 0 Å². The molecule has 0 saturated heterocycles. The van der Waals surface area contributed by atoms with Gasteiger partial charge in [-0.2, -0.15) is 0 Å². The Kier molecular flexibility index (Phi) is 25.4. The van der Waals surface area contributed by atoms with Crippen LogP contribution in [0, 0.1) is 0 Å². The van der Waals surface area contributed by atoms with Gasteiger partial charge in [0.25, 0.3) is 0 Å². The molecule has 0 amide bonds. The Bertz CT molecular complexity index is 212. The first kappa shape index (κ1) is 29.2. The van der Waals surface area contributed by atoms with Gasteiger partial charge in [-0.1, -0.05) is 0 Å². The third-order valence-corrected chi connectivity index (χ3v) is 0. The molecule has 0 aromatic carbocycles. The fraction of sp³-hybridized carbons (Fsp3) is 0. The second-order valence-corrected chi connectivity index (χ2v) is 2.45. The van der Waals surface area contributed by atoms with Gasteiger partial charge in [0.2, 0.25) is 0 Å². The Morgan fingerprint density at radius 2 is 0.615 bits per heavy atom. The largest absolute Gasteiger partial charge is 2.00 e. The van der Waals surface area contributed by atoms with Crippen molar-refractivity contribution in [1.29, 1.82) is 0 Å². The Balaban J connectivity index is -0.0000000267. The molecule has 0 atom stereocenters. The molecule has 0 fully saturated rings. The van der Waals surface area contributed by atoms with E-state index in [2.05, 4.69) is 0 Å². The Hall–Kier alpha value is 1.23. The van der Waals surface area contributed by atoms with Crippen molar-refractivity contribution < 1.29 is 40.5 Å². The van der Waals surface area contributed by atoms with Gasteiger partial charge in [0, 0.05) is 20.8 Å². The summed E-state index contributed by atoms with van der Waals surface area (Å²) in [6.45, 7) is 0. The van der Waals surface area contributed by atoms with Crippen LogP contribution in [0.2, 0.25) is 0 Å². The first-order chi connectivity index (χ1) is 4.00. The third-order valence-electron chi connectivity index (χ3n) is 0. The van der Waals surface area contributed by atoms with E-state index < -0.39 is 20.8 Å². The van der Waals surface area contributed by atoms with Gasteiger partial charge in [-0.05, 0) is 0 Å². The van der Waals surface area contributed by atoms with Gasteiger partial charge in [-0.3, -0.25) is 16.8 Å². The molecule has 0 unspecified atom stereocenters. The van der Waals surface area contributed by atoms with Gasteiger partial charge in [-0.25, -0.2) is 0 Å². The maximum absolute atomic E-state index is 8.52. The summed E-state index contributed by atoms with van der Waals surface area (Å²) in [5.41, 5.74) is 0. The van der Waals surface area contributed by atoms with Crippen molar-refractivity contribution >= 4 is 66.9 Å². The summed E-state index contributed by atoms with van der Waals surface area (Å²) in [6, 6.07) is 0. The molecule has 0 aliphatic rings. The monoisotopic (exact) mass is 258 g/mol. The number of hydrogen-bond acceptors (Lipinski definition) is 8. The normalized spacial score (nSPS) is 8.92. The third kappa shape index (κ3) is 1100. The molecule has 0 aromatic rings. The van der Waals surface area contributed by atoms with Crippen LogP contribution in [0.1, 0.15) is 0 Å². The van der Waals surface area contributed by atoms with E-state index in [1.54, 1.807) is 0 Å². The van der Waals surface area contributed by atoms with Crippen molar-refractivity contribution in [2.45, 2.75) is 0 Å². The zero-order valence-electron chi connectivity index (χ0n) is 6.00. The zero-order valence-corrected chi connectivity index (χ0v) is 10.5. The standard InChI is InChI=1S/2Mg.2H2O4S.H2O/c;;2*1-5(2,3)4;/h;;2*(H2,1,2,3,4);1H2/q2*+2;;;/p-4. The molecule has 0 rings (SSSR count). The molecule has 72 valence electrons. The molecule has 2 N–H and O–H groups in total. The topological polar surface area (TPSA) is 192 Å². The van der Waals surface area contributed by atoms with Crippen molar-refractivity contribution in [3.8, 4) is 0 Å². The van der Waals surface area contributed by atoms with Crippen LogP contribution in [-0.2, 0) is 20.8 Å². The maximum Gasteiger partial charge on any atom is 2.00 e. The first-order valence-electron chi connectivity index (χ1n) is 1.33. The molecule has 0 bridgehead atoms. The number of hydrogen-bond donors (Lipinski definition) is 0. The zero-order chi connectivity index (χ0) is 9.00. The molecule has 9 nitrogen and oxygen atoms in total. The molecule has 0 aliphatic carbocycles. The number of rotatable bonds is 0. The summed E-state index contributed by atoms with van der Waals surface area (Å²) in [5, 5.41) is 0. The van der Waals surface area contributed by atoms with E-state index in [0.29, 0.717) is 0 Å². The van der Waals surface area contributed by atoms with Crippen LogP contribution in [0.15, 0.2) is 0 Å². The van der Waals surface area contributed by atoms with Gasteiger partial charge >= 0.3 is 46.1 Å². The van der Waals surface area contributed by atoms with E-state index >= 15 is 0 Å². The van der Waals surface area contributed by atoms with Gasteiger partial charge in [0.1, 0.15) is 0 Å². The molecule has 0 radical (unpaired) electrons. The van der Waals surface area contributed by atoms with Crippen LogP contribution in [-0.4, -0.2) is 86.6 Å². The smallest absolute Gasteiger partial charge is 0.759 e. The van der Waals surface area contributed by atoms with Gasteiger partial charge in [0.05, 0.1) is 0 Å². The summed E-state index contributed by atoms with van der Waals surface area (Å²) in [7, 11) is -10.3. The van der Waals surface area contributed by atoms with Crippen LogP contribution in [0.25, 0.3) is 0 Å². The molecule has 0 aliphatic heterocycles. The van der Waals surface area contributed by atoms with E-state index in [4.69, 9.17) is 35.0 Å². The van der Waals surface area contributed by atoms with Crippen molar-refractivity contribution in [2.75, 3.05) is 0 Å². The van der Waals surface area contributed by atoms with Crippen LogP contribution in [0.4, 0.5) is 0 Å². The minimum Gasteiger partial charge on any atom is -0.759 e. The summed E-state index contributed by atoms with van der Waals surface area (Å²) >= 11 is 0. The molecular formula is H2Mg2O9S2. The fourth-order valence-corrected chi connectivity index (χ4v) is 0. The predicted molar refractivity (Wildman–Crippen MR) is 36.1 cm³/mol. The Morgan fingerprint density at radius 1 is 0.615 bits per heavy atom.